The third-order valence-electron chi connectivity index (χ3n) is 3.61. The van der Waals surface area contributed by atoms with Gasteiger partial charge in [0.2, 0.25) is 15.9 Å². The number of nitrogens with one attached hydrogen (secondary N) is 3. The molecule has 7 nitrogen and oxygen atoms in total. The first kappa shape index (κ1) is 18.3. The molecule has 2 heterocycles. The van der Waals surface area contributed by atoms with E-state index in [-0.39, 0.29) is 23.3 Å². The summed E-state index contributed by atoms with van der Waals surface area (Å²) in [5.74, 6) is -0.517. The van der Waals surface area contributed by atoms with Crippen LogP contribution < -0.4 is 10.0 Å². The molecule has 3 N–H and O–H groups in total. The van der Waals surface area contributed by atoms with E-state index in [0.29, 0.717) is 18.7 Å². The summed E-state index contributed by atoms with van der Waals surface area (Å²) < 4.78 is 37.9. The molecule has 0 bridgehead atoms. The summed E-state index contributed by atoms with van der Waals surface area (Å²) in [4.78, 5) is 19.1. The second-order valence-corrected chi connectivity index (χ2v) is 8.41. The van der Waals surface area contributed by atoms with Crippen molar-refractivity contribution in [1.82, 2.24) is 15.3 Å². The van der Waals surface area contributed by atoms with Gasteiger partial charge in [0.05, 0.1) is 18.4 Å². The summed E-state index contributed by atoms with van der Waals surface area (Å²) in [5, 5.41) is 5.45. The lowest BCUT2D eigenvalue weighted by Crippen LogP contribution is -2.27. The molecule has 3 rings (SSSR count). The van der Waals surface area contributed by atoms with E-state index in [1.807, 2.05) is 0 Å². The number of anilines is 1. The van der Waals surface area contributed by atoms with E-state index < -0.39 is 10.0 Å². The predicted molar refractivity (Wildman–Crippen MR) is 99.3 cm³/mol. The van der Waals surface area contributed by atoms with Crippen LogP contribution in [-0.4, -0.2) is 37.1 Å². The van der Waals surface area contributed by atoms with Gasteiger partial charge in [-0.15, -0.1) is 11.3 Å². The summed E-state index contributed by atoms with van der Waals surface area (Å²) in [6.07, 6.45) is 3.47. The maximum atomic E-state index is 13.4. The van der Waals surface area contributed by atoms with Gasteiger partial charge in [-0.05, 0) is 30.2 Å². The zero-order chi connectivity index (χ0) is 18.7. The van der Waals surface area contributed by atoms with Crippen molar-refractivity contribution in [3.63, 3.8) is 0 Å². The SMILES string of the molecule is CS(=O)(=O)Nc1nc(CC(=O)NCCc2c[nH]c3ccc(F)cc23)cs1. The molecule has 0 saturated carbocycles. The number of fused-ring (bicyclic) bond motifs is 1. The number of nitrogens with zero attached hydrogens (tertiary/aromatic N) is 1. The summed E-state index contributed by atoms with van der Waals surface area (Å²) in [7, 11) is -3.38. The summed E-state index contributed by atoms with van der Waals surface area (Å²) in [5.41, 5.74) is 2.27. The van der Waals surface area contributed by atoms with Crippen LogP contribution in [0.1, 0.15) is 11.3 Å². The van der Waals surface area contributed by atoms with Gasteiger partial charge in [0.15, 0.2) is 5.13 Å². The molecule has 3 aromatic rings. The molecule has 0 saturated heterocycles. The molecule has 2 aromatic heterocycles. The van der Waals surface area contributed by atoms with Crippen LogP contribution in [-0.2, 0) is 27.7 Å². The maximum Gasteiger partial charge on any atom is 0.231 e. The van der Waals surface area contributed by atoms with Gasteiger partial charge in [0.25, 0.3) is 0 Å². The number of amides is 1. The fourth-order valence-electron chi connectivity index (χ4n) is 2.51. The van der Waals surface area contributed by atoms with E-state index in [1.165, 1.54) is 12.1 Å². The molecular formula is C16H17FN4O3S2. The Labute approximate surface area is 153 Å². The Morgan fingerprint density at radius 1 is 1.38 bits per heavy atom. The summed E-state index contributed by atoms with van der Waals surface area (Å²) in [6, 6.07) is 4.54. The van der Waals surface area contributed by atoms with Crippen molar-refractivity contribution in [3.8, 4) is 0 Å². The molecule has 10 heteroatoms. The molecule has 0 radical (unpaired) electrons. The van der Waals surface area contributed by atoms with Crippen molar-refractivity contribution in [2.45, 2.75) is 12.8 Å². The highest BCUT2D eigenvalue weighted by Gasteiger charge is 2.11. The number of carbonyl (C=O) groups excluding carboxylic acids is 1. The van der Waals surface area contributed by atoms with Gasteiger partial charge in [0, 0.05) is 29.0 Å². The highest BCUT2D eigenvalue weighted by Crippen LogP contribution is 2.20. The Hall–Kier alpha value is -2.46. The van der Waals surface area contributed by atoms with Crippen LogP contribution in [0, 0.1) is 5.82 Å². The van der Waals surface area contributed by atoms with Gasteiger partial charge in [-0.3, -0.25) is 9.52 Å². The highest BCUT2D eigenvalue weighted by molar-refractivity contribution is 7.92. The topological polar surface area (TPSA) is 104 Å². The number of sulfonamides is 1. The molecule has 1 amide bonds. The van der Waals surface area contributed by atoms with Crippen molar-refractivity contribution in [2.24, 2.45) is 0 Å². The van der Waals surface area contributed by atoms with Gasteiger partial charge >= 0.3 is 0 Å². The normalized spacial score (nSPS) is 11.6. The lowest BCUT2D eigenvalue weighted by molar-refractivity contribution is -0.120. The molecule has 0 atom stereocenters. The van der Waals surface area contributed by atoms with Gasteiger partial charge in [-0.2, -0.15) is 0 Å². The van der Waals surface area contributed by atoms with Gasteiger partial charge in [-0.25, -0.2) is 17.8 Å². The van der Waals surface area contributed by atoms with Crippen LogP contribution in [0.2, 0.25) is 0 Å². The van der Waals surface area contributed by atoms with Crippen LogP contribution in [0.25, 0.3) is 10.9 Å². The minimum absolute atomic E-state index is 0.0600. The molecule has 0 aliphatic heterocycles. The van der Waals surface area contributed by atoms with Crippen molar-refractivity contribution >= 4 is 43.3 Å². The third-order valence-corrected chi connectivity index (χ3v) is 5.11. The number of carbonyl (C=O) groups is 1. The van der Waals surface area contributed by atoms with Crippen molar-refractivity contribution in [3.05, 3.63) is 46.9 Å². The smallest absolute Gasteiger partial charge is 0.231 e. The molecule has 1 aromatic carbocycles. The number of hydrogen-bond acceptors (Lipinski definition) is 5. The van der Waals surface area contributed by atoms with Crippen LogP contribution in [0.5, 0.6) is 0 Å². The molecule has 0 aliphatic rings. The highest BCUT2D eigenvalue weighted by atomic mass is 32.2. The van der Waals surface area contributed by atoms with E-state index in [1.54, 1.807) is 17.6 Å². The number of benzene rings is 1. The minimum Gasteiger partial charge on any atom is -0.361 e. The second-order valence-electron chi connectivity index (χ2n) is 5.80. The molecule has 0 spiro atoms. The molecule has 0 unspecified atom stereocenters. The Morgan fingerprint density at radius 2 is 2.19 bits per heavy atom. The largest absolute Gasteiger partial charge is 0.361 e. The van der Waals surface area contributed by atoms with Crippen molar-refractivity contribution in [2.75, 3.05) is 17.5 Å². The van der Waals surface area contributed by atoms with E-state index >= 15 is 0 Å². The maximum absolute atomic E-state index is 13.4. The van der Waals surface area contributed by atoms with Crippen LogP contribution in [0.3, 0.4) is 0 Å². The Bertz CT molecular complexity index is 1040. The van der Waals surface area contributed by atoms with E-state index in [2.05, 4.69) is 20.0 Å². The molecule has 26 heavy (non-hydrogen) atoms. The predicted octanol–water partition coefficient (Wildman–Crippen LogP) is 2.04. The number of rotatable bonds is 7. The standard InChI is InChI=1S/C16H17FN4O3S2/c1-26(23,24)21-16-20-12(9-25-16)7-15(22)18-5-4-10-8-19-14-3-2-11(17)6-13(10)14/h2-3,6,8-9,19H,4-5,7H2,1H3,(H,18,22)(H,20,21). The zero-order valence-electron chi connectivity index (χ0n) is 13.9. The first-order valence-corrected chi connectivity index (χ1v) is 10.5. The first-order chi connectivity index (χ1) is 12.3. The summed E-state index contributed by atoms with van der Waals surface area (Å²) in [6.45, 7) is 0.404. The Morgan fingerprint density at radius 3 is 2.96 bits per heavy atom. The monoisotopic (exact) mass is 396 g/mol. The zero-order valence-corrected chi connectivity index (χ0v) is 15.5. The molecule has 138 valence electrons. The fourth-order valence-corrected chi connectivity index (χ4v) is 4.08. The number of H-pyrrole nitrogens is 1. The number of thiazole rings is 1. The molecular weight excluding hydrogens is 379 g/mol. The van der Waals surface area contributed by atoms with Crippen LogP contribution in [0.4, 0.5) is 9.52 Å². The number of halogens is 1. The Balaban J connectivity index is 1.52. The van der Waals surface area contributed by atoms with Crippen molar-refractivity contribution in [1.29, 1.82) is 0 Å². The lowest BCUT2D eigenvalue weighted by Gasteiger charge is -2.04. The average Bonchev–Trinajstić information content (AvgIpc) is 3.13. The van der Waals surface area contributed by atoms with Crippen LogP contribution >= 0.6 is 11.3 Å². The van der Waals surface area contributed by atoms with Gasteiger partial charge < -0.3 is 10.3 Å². The van der Waals surface area contributed by atoms with Gasteiger partial charge in [-0.1, -0.05) is 0 Å². The summed E-state index contributed by atoms with van der Waals surface area (Å²) >= 11 is 1.12. The van der Waals surface area contributed by atoms with E-state index in [0.717, 1.165) is 34.1 Å². The minimum atomic E-state index is -3.38. The second kappa shape index (κ2) is 7.42. The number of aromatic nitrogens is 2. The van der Waals surface area contributed by atoms with E-state index in [9.17, 15) is 17.6 Å². The molecule has 0 aliphatic carbocycles. The fraction of sp³-hybridized carbons (Fsp3) is 0.250. The first-order valence-electron chi connectivity index (χ1n) is 7.74. The molecule has 0 fully saturated rings. The number of hydrogen-bond donors (Lipinski definition) is 3. The lowest BCUT2D eigenvalue weighted by atomic mass is 10.1. The number of aromatic amines is 1. The third kappa shape index (κ3) is 4.79. The quantitative estimate of drug-likeness (QED) is 0.568. The average molecular weight is 396 g/mol. The van der Waals surface area contributed by atoms with Crippen LogP contribution in [0.15, 0.2) is 29.8 Å². The van der Waals surface area contributed by atoms with Gasteiger partial charge in [0.1, 0.15) is 5.82 Å². The van der Waals surface area contributed by atoms with E-state index in [4.69, 9.17) is 0 Å². The Kier molecular flexibility index (Phi) is 5.23. The van der Waals surface area contributed by atoms with Crippen molar-refractivity contribution < 1.29 is 17.6 Å².